The van der Waals surface area contributed by atoms with E-state index in [4.69, 9.17) is 27.1 Å². The predicted molar refractivity (Wildman–Crippen MR) is 210 cm³/mol. The van der Waals surface area contributed by atoms with E-state index in [9.17, 15) is 24.5 Å². The Morgan fingerprint density at radius 2 is 1.33 bits per heavy atom. The lowest BCUT2D eigenvalue weighted by molar-refractivity contribution is -0.384. The van der Waals surface area contributed by atoms with E-state index in [0.717, 1.165) is 15.9 Å². The van der Waals surface area contributed by atoms with Crippen molar-refractivity contribution in [2.24, 2.45) is 5.92 Å². The summed E-state index contributed by atoms with van der Waals surface area (Å²) in [6.07, 6.45) is 0.311. The Hall–Kier alpha value is -6.10. The van der Waals surface area contributed by atoms with Crippen LogP contribution in [-0.4, -0.2) is 48.4 Å². The molecular weight excluding hydrogens is 724 g/mol. The van der Waals surface area contributed by atoms with Gasteiger partial charge in [-0.05, 0) is 45.7 Å². The van der Waals surface area contributed by atoms with Gasteiger partial charge in [0.15, 0.2) is 6.10 Å². The molecule has 1 fully saturated rings. The van der Waals surface area contributed by atoms with Crippen LogP contribution in [-0.2, 0) is 30.5 Å². The minimum atomic E-state index is -3.27. The van der Waals surface area contributed by atoms with Gasteiger partial charge in [0, 0.05) is 25.9 Å². The van der Waals surface area contributed by atoms with Gasteiger partial charge in [0.2, 0.25) is 5.91 Å². The number of fused-ring (bicyclic) bond motifs is 1. The van der Waals surface area contributed by atoms with E-state index in [1.807, 2.05) is 103 Å². The Morgan fingerprint density at radius 3 is 1.83 bits per heavy atom. The standard InChI is InChI=1S/C41H33N4O7PS/c1-27(46)52-37(35-25-42-33-19-11-12-20-34(33)43-35)36-38(47)44(40(36)54)39(41(48)51-26-28-21-23-29(24-22-28)45(49)50)53(30-13-5-2-6-14-30,31-15-7-3-8-16-31)32-17-9-4-10-18-32/h2-25,36-37,40,54H,26H2,1H3. The highest BCUT2D eigenvalue weighted by atomic mass is 32.1. The minimum absolute atomic E-state index is 0.0698. The number of non-ortho nitro benzene ring substituents is 1. The molecule has 7 rings (SSSR count). The van der Waals surface area contributed by atoms with Crippen LogP contribution in [0.25, 0.3) is 11.0 Å². The molecule has 0 saturated carbocycles. The molecular formula is C41H33N4O7PS. The highest BCUT2D eigenvalue weighted by Gasteiger charge is 2.57. The second-order valence-electron chi connectivity index (χ2n) is 12.5. The first-order valence-electron chi connectivity index (χ1n) is 16.9. The first-order valence-corrected chi connectivity index (χ1v) is 19.2. The molecule has 1 saturated heterocycles. The first kappa shape index (κ1) is 36.3. The summed E-state index contributed by atoms with van der Waals surface area (Å²) in [5.74, 6) is -2.98. The zero-order chi connectivity index (χ0) is 37.8. The summed E-state index contributed by atoms with van der Waals surface area (Å²) in [6, 6.07) is 41.4. The third kappa shape index (κ3) is 6.77. The Bertz CT molecular complexity index is 2310. The number of carbonyl (C=O) groups is 3. The number of likely N-dealkylation sites (tertiary alicyclic amines) is 1. The van der Waals surface area contributed by atoms with Crippen molar-refractivity contribution in [3.63, 3.8) is 0 Å². The first-order chi connectivity index (χ1) is 26.2. The van der Waals surface area contributed by atoms with E-state index in [1.54, 1.807) is 12.1 Å². The van der Waals surface area contributed by atoms with E-state index in [2.05, 4.69) is 4.98 Å². The number of rotatable bonds is 11. The fraction of sp³-hybridized carbons (Fsp3) is 0.122. The topological polar surface area (TPSA) is 142 Å². The van der Waals surface area contributed by atoms with Gasteiger partial charge in [-0.25, -0.2) is 9.78 Å². The summed E-state index contributed by atoms with van der Waals surface area (Å²) < 4.78 is 11.8. The SMILES string of the molecule is CC(=O)OC(c1cnc2ccccc2n1)C1C(=O)N(C(C(=O)OCc2ccc([N+](=O)[O-])cc2)=P(c2ccccc2)(c2ccccc2)c2ccccc2)C1S. The van der Waals surface area contributed by atoms with Crippen molar-refractivity contribution < 1.29 is 28.8 Å². The molecule has 1 aliphatic rings. The van der Waals surface area contributed by atoms with Gasteiger partial charge < -0.3 is 9.47 Å². The van der Waals surface area contributed by atoms with E-state index < -0.39 is 47.1 Å². The molecule has 13 heteroatoms. The molecule has 0 radical (unpaired) electrons. The van der Waals surface area contributed by atoms with Crippen molar-refractivity contribution in [1.82, 2.24) is 14.9 Å². The van der Waals surface area contributed by atoms with Gasteiger partial charge in [-0.1, -0.05) is 103 Å². The van der Waals surface area contributed by atoms with Crippen molar-refractivity contribution in [2.75, 3.05) is 0 Å². The van der Waals surface area contributed by atoms with E-state index in [-0.39, 0.29) is 23.4 Å². The van der Waals surface area contributed by atoms with E-state index in [1.165, 1.54) is 42.3 Å². The molecule has 0 bridgehead atoms. The normalized spacial score (nSPS) is 15.9. The number of hydrogen-bond acceptors (Lipinski definition) is 10. The van der Waals surface area contributed by atoms with Crippen molar-refractivity contribution in [3.05, 3.63) is 167 Å². The van der Waals surface area contributed by atoms with Crippen molar-refractivity contribution in [3.8, 4) is 0 Å². The van der Waals surface area contributed by atoms with Crippen LogP contribution in [0.2, 0.25) is 0 Å². The smallest absolute Gasteiger partial charge is 0.356 e. The molecule has 0 N–H and O–H groups in total. The highest BCUT2D eigenvalue weighted by Crippen LogP contribution is 2.51. The molecule has 5 aromatic carbocycles. The lowest BCUT2D eigenvalue weighted by Gasteiger charge is -2.49. The molecule has 54 heavy (non-hydrogen) atoms. The molecule has 0 spiro atoms. The highest BCUT2D eigenvalue weighted by molar-refractivity contribution is 7.96. The van der Waals surface area contributed by atoms with Crippen molar-refractivity contribution in [2.45, 2.75) is 25.0 Å². The molecule has 270 valence electrons. The number of para-hydroxylation sites is 2. The number of nitro benzene ring substituents is 1. The number of carbonyl (C=O) groups excluding carboxylic acids is 3. The zero-order valence-electron chi connectivity index (χ0n) is 28.8. The third-order valence-corrected chi connectivity index (χ3v) is 14.0. The molecule has 6 aromatic rings. The second kappa shape index (κ2) is 15.5. The lowest BCUT2D eigenvalue weighted by atomic mass is 9.89. The van der Waals surface area contributed by atoms with Gasteiger partial charge in [-0.2, -0.15) is 12.6 Å². The molecule has 2 heterocycles. The average molecular weight is 757 g/mol. The number of β-lactam (4-membered cyclic amide) rings is 1. The molecule has 11 nitrogen and oxygen atoms in total. The fourth-order valence-corrected chi connectivity index (χ4v) is 11.7. The molecule has 3 unspecified atom stereocenters. The van der Waals surface area contributed by atoms with E-state index >= 15 is 0 Å². The summed E-state index contributed by atoms with van der Waals surface area (Å²) in [6.45, 7) is -2.26. The summed E-state index contributed by atoms with van der Waals surface area (Å²) in [5, 5.41) is 12.6. The zero-order valence-corrected chi connectivity index (χ0v) is 30.6. The Morgan fingerprint density at radius 1 is 0.815 bits per heavy atom. The quantitative estimate of drug-likeness (QED) is 0.0439. The number of benzene rings is 5. The molecule has 1 amide bonds. The van der Waals surface area contributed by atoms with Gasteiger partial charge in [0.25, 0.3) is 5.69 Å². The summed E-state index contributed by atoms with van der Waals surface area (Å²) in [7, 11) is 0. The van der Waals surface area contributed by atoms with Crippen molar-refractivity contribution >= 4 is 75.4 Å². The van der Waals surface area contributed by atoms with Crippen LogP contribution in [0.5, 0.6) is 0 Å². The number of ether oxygens (including phenoxy) is 2. The number of hydrogen-bond donors (Lipinski definition) is 1. The second-order valence-corrected chi connectivity index (χ2v) is 16.3. The number of amides is 1. The largest absolute Gasteiger partial charge is 0.456 e. The van der Waals surface area contributed by atoms with Crippen molar-refractivity contribution in [1.29, 1.82) is 0 Å². The molecule has 1 aliphatic heterocycles. The van der Waals surface area contributed by atoms with Crippen LogP contribution in [0.4, 0.5) is 5.69 Å². The monoisotopic (exact) mass is 756 g/mol. The Labute approximate surface area is 316 Å². The summed E-state index contributed by atoms with van der Waals surface area (Å²) in [4.78, 5) is 63.7. The number of esters is 2. The third-order valence-electron chi connectivity index (χ3n) is 9.16. The maximum absolute atomic E-state index is 15.0. The number of thiol groups is 1. The van der Waals surface area contributed by atoms with Gasteiger partial charge in [-0.15, -0.1) is 0 Å². The maximum Gasteiger partial charge on any atom is 0.356 e. The minimum Gasteiger partial charge on any atom is -0.456 e. The van der Waals surface area contributed by atoms with Gasteiger partial charge in [-0.3, -0.25) is 29.6 Å². The van der Waals surface area contributed by atoms with Crippen LogP contribution in [0.3, 0.4) is 0 Å². The number of aromatic nitrogens is 2. The fourth-order valence-electron chi connectivity index (χ4n) is 6.71. The van der Waals surface area contributed by atoms with Crippen LogP contribution in [0.15, 0.2) is 146 Å². The maximum atomic E-state index is 15.0. The Balaban J connectivity index is 1.43. The molecule has 3 atom stereocenters. The predicted octanol–water partition coefficient (Wildman–Crippen LogP) is 5.72. The van der Waals surface area contributed by atoms with Gasteiger partial charge in [0.05, 0.1) is 27.5 Å². The number of nitro groups is 1. The van der Waals surface area contributed by atoms with Gasteiger partial charge >= 0.3 is 11.9 Å². The molecule has 0 aliphatic carbocycles. The van der Waals surface area contributed by atoms with Crippen LogP contribution >= 0.6 is 19.5 Å². The van der Waals surface area contributed by atoms with E-state index in [0.29, 0.717) is 16.6 Å². The van der Waals surface area contributed by atoms with Crippen LogP contribution in [0.1, 0.15) is 24.3 Å². The average Bonchev–Trinajstić information content (AvgIpc) is 3.20. The molecule has 1 aromatic heterocycles. The number of nitrogens with zero attached hydrogens (tertiary/aromatic N) is 4. The Kier molecular flexibility index (Phi) is 10.4. The lowest BCUT2D eigenvalue weighted by Crippen LogP contribution is -2.65. The summed E-state index contributed by atoms with van der Waals surface area (Å²) >= 11 is 4.98. The van der Waals surface area contributed by atoms with Crippen LogP contribution < -0.4 is 15.9 Å². The van der Waals surface area contributed by atoms with Gasteiger partial charge in [0.1, 0.15) is 23.6 Å². The van der Waals surface area contributed by atoms with Crippen LogP contribution in [0, 0.1) is 16.0 Å². The summed E-state index contributed by atoms with van der Waals surface area (Å²) in [5.41, 5.74) is 1.92.